The van der Waals surface area contributed by atoms with Crippen LogP contribution in [0.1, 0.15) is 32.0 Å². The number of nitrogens with zero attached hydrogens (tertiary/aromatic N) is 2. The first-order valence-corrected chi connectivity index (χ1v) is 8.16. The van der Waals surface area contributed by atoms with Crippen molar-refractivity contribution in [2.75, 3.05) is 17.3 Å². The van der Waals surface area contributed by atoms with E-state index in [0.29, 0.717) is 6.04 Å². The summed E-state index contributed by atoms with van der Waals surface area (Å²) in [6, 6.07) is 0.363. The molecule has 18 heavy (non-hydrogen) atoms. The third-order valence-electron chi connectivity index (χ3n) is 2.50. The van der Waals surface area contributed by atoms with Crippen molar-refractivity contribution in [1.82, 2.24) is 9.55 Å². The molecule has 0 fully saturated rings. The predicted octanol–water partition coefficient (Wildman–Crippen LogP) is 3.07. The highest BCUT2D eigenvalue weighted by molar-refractivity contribution is 7.99. The van der Waals surface area contributed by atoms with E-state index >= 15 is 0 Å². The average Bonchev–Trinajstić information content (AvgIpc) is 2.68. The summed E-state index contributed by atoms with van der Waals surface area (Å²) in [6.45, 7) is 6.25. The fourth-order valence-corrected chi connectivity index (χ4v) is 3.22. The maximum atomic E-state index is 10.6. The van der Waals surface area contributed by atoms with E-state index in [-0.39, 0.29) is 5.75 Å². The third-order valence-corrected chi connectivity index (χ3v) is 4.39. The van der Waals surface area contributed by atoms with Gasteiger partial charge in [0.2, 0.25) is 0 Å². The first kappa shape index (κ1) is 15.4. The molecule has 1 unspecified atom stereocenters. The predicted molar refractivity (Wildman–Crippen MR) is 77.7 cm³/mol. The third kappa shape index (κ3) is 4.94. The lowest BCUT2D eigenvalue weighted by molar-refractivity contribution is -0.133. The smallest absolute Gasteiger partial charge is 0.313 e. The fraction of sp³-hybridized carbons (Fsp3) is 0.667. The summed E-state index contributed by atoms with van der Waals surface area (Å²) in [7, 11) is 0. The van der Waals surface area contributed by atoms with Gasteiger partial charge in [-0.1, -0.05) is 18.7 Å². The summed E-state index contributed by atoms with van der Waals surface area (Å²) in [5.41, 5.74) is 0.942. The van der Waals surface area contributed by atoms with Crippen molar-refractivity contribution in [1.29, 1.82) is 0 Å². The van der Waals surface area contributed by atoms with Gasteiger partial charge in [-0.2, -0.15) is 11.8 Å². The van der Waals surface area contributed by atoms with Crippen molar-refractivity contribution < 1.29 is 9.90 Å². The monoisotopic (exact) mass is 288 g/mol. The molecule has 1 N–H and O–H groups in total. The second-order valence-electron chi connectivity index (χ2n) is 4.09. The molecule has 0 spiro atoms. The van der Waals surface area contributed by atoms with Crippen molar-refractivity contribution in [3.63, 3.8) is 0 Å². The Bertz CT molecular complexity index is 393. The van der Waals surface area contributed by atoms with E-state index in [2.05, 4.69) is 23.4 Å². The van der Waals surface area contributed by atoms with Gasteiger partial charge >= 0.3 is 5.97 Å². The van der Waals surface area contributed by atoms with Gasteiger partial charge in [-0.05, 0) is 31.8 Å². The zero-order valence-corrected chi connectivity index (χ0v) is 12.7. The number of aliphatic carboxylic acids is 1. The van der Waals surface area contributed by atoms with Gasteiger partial charge in [0, 0.05) is 12.2 Å². The zero-order chi connectivity index (χ0) is 13.5. The number of carbonyl (C=O) groups is 1. The molecule has 1 aromatic rings. The van der Waals surface area contributed by atoms with Gasteiger partial charge in [-0.3, -0.25) is 4.79 Å². The number of carboxylic acid groups (broad SMARTS) is 1. The molecule has 1 rings (SSSR count). The van der Waals surface area contributed by atoms with Crippen LogP contribution in [-0.4, -0.2) is 37.9 Å². The lowest BCUT2D eigenvalue weighted by Crippen LogP contribution is -2.08. The molecule has 0 bridgehead atoms. The second kappa shape index (κ2) is 7.74. The number of aryl methyl sites for hydroxylation is 1. The van der Waals surface area contributed by atoms with Crippen molar-refractivity contribution in [3.8, 4) is 0 Å². The molecule has 0 aromatic carbocycles. The van der Waals surface area contributed by atoms with Gasteiger partial charge in [-0.25, -0.2) is 4.98 Å². The van der Waals surface area contributed by atoms with Crippen LogP contribution >= 0.6 is 23.5 Å². The largest absolute Gasteiger partial charge is 0.481 e. The standard InChI is InChI=1S/C12H20N2O2S2/c1-4-17-6-5-10(3)14-7-9(2)13-12(14)18-8-11(15)16/h7,10H,4-6,8H2,1-3H3,(H,15,16). The molecule has 102 valence electrons. The van der Waals surface area contributed by atoms with Crippen LogP contribution in [0.2, 0.25) is 0 Å². The number of rotatable bonds is 8. The Balaban J connectivity index is 2.64. The molecule has 0 aliphatic carbocycles. The fourth-order valence-electron chi connectivity index (χ4n) is 1.58. The van der Waals surface area contributed by atoms with Crippen LogP contribution in [0.5, 0.6) is 0 Å². The molecule has 0 radical (unpaired) electrons. The lowest BCUT2D eigenvalue weighted by Gasteiger charge is -2.15. The zero-order valence-electron chi connectivity index (χ0n) is 11.0. The second-order valence-corrected chi connectivity index (χ2v) is 6.43. The van der Waals surface area contributed by atoms with Crippen molar-refractivity contribution >= 4 is 29.5 Å². The summed E-state index contributed by atoms with van der Waals surface area (Å²) >= 11 is 3.22. The van der Waals surface area contributed by atoms with Crippen LogP contribution in [0.3, 0.4) is 0 Å². The first-order chi connectivity index (χ1) is 8.54. The van der Waals surface area contributed by atoms with Crippen LogP contribution in [0.4, 0.5) is 0 Å². The van der Waals surface area contributed by atoms with E-state index in [1.807, 2.05) is 24.9 Å². The first-order valence-electron chi connectivity index (χ1n) is 6.02. The van der Waals surface area contributed by atoms with E-state index in [1.165, 1.54) is 11.8 Å². The minimum Gasteiger partial charge on any atom is -0.481 e. The van der Waals surface area contributed by atoms with Crippen molar-refractivity contribution in [2.45, 2.75) is 38.4 Å². The van der Waals surface area contributed by atoms with Gasteiger partial charge in [0.05, 0.1) is 11.4 Å². The van der Waals surface area contributed by atoms with Crippen molar-refractivity contribution in [2.24, 2.45) is 0 Å². The number of thioether (sulfide) groups is 2. The highest BCUT2D eigenvalue weighted by atomic mass is 32.2. The minimum absolute atomic E-state index is 0.0624. The summed E-state index contributed by atoms with van der Waals surface area (Å²) < 4.78 is 2.10. The summed E-state index contributed by atoms with van der Waals surface area (Å²) in [5, 5.41) is 9.53. The summed E-state index contributed by atoms with van der Waals surface area (Å²) in [6.07, 6.45) is 3.08. The number of carboxylic acids is 1. The van der Waals surface area contributed by atoms with Crippen LogP contribution in [-0.2, 0) is 4.79 Å². The molecule has 1 heterocycles. The molecule has 0 aliphatic heterocycles. The van der Waals surface area contributed by atoms with Crippen LogP contribution in [0, 0.1) is 6.92 Å². The molecular formula is C12H20N2O2S2. The average molecular weight is 288 g/mol. The van der Waals surface area contributed by atoms with E-state index in [0.717, 1.165) is 28.8 Å². The van der Waals surface area contributed by atoms with Gasteiger partial charge in [0.25, 0.3) is 0 Å². The summed E-state index contributed by atoms with van der Waals surface area (Å²) in [5.74, 6) is 1.52. The number of hydrogen-bond donors (Lipinski definition) is 1. The number of hydrogen-bond acceptors (Lipinski definition) is 4. The highest BCUT2D eigenvalue weighted by Gasteiger charge is 2.13. The Morgan fingerprint density at radius 1 is 1.61 bits per heavy atom. The van der Waals surface area contributed by atoms with E-state index < -0.39 is 5.97 Å². The molecule has 1 atom stereocenters. The quantitative estimate of drug-likeness (QED) is 0.588. The summed E-state index contributed by atoms with van der Waals surface area (Å²) in [4.78, 5) is 15.0. The van der Waals surface area contributed by atoms with E-state index in [9.17, 15) is 4.79 Å². The molecule has 0 saturated carbocycles. The molecule has 4 nitrogen and oxygen atoms in total. The van der Waals surface area contributed by atoms with Crippen LogP contribution in [0.15, 0.2) is 11.4 Å². The maximum Gasteiger partial charge on any atom is 0.313 e. The Morgan fingerprint density at radius 3 is 2.94 bits per heavy atom. The Hall–Kier alpha value is -0.620. The molecular weight excluding hydrogens is 268 g/mol. The van der Waals surface area contributed by atoms with Crippen molar-refractivity contribution in [3.05, 3.63) is 11.9 Å². The van der Waals surface area contributed by atoms with Gasteiger partial charge in [-0.15, -0.1) is 0 Å². The molecule has 0 amide bonds. The van der Waals surface area contributed by atoms with Crippen LogP contribution in [0.25, 0.3) is 0 Å². The van der Waals surface area contributed by atoms with E-state index in [1.54, 1.807) is 0 Å². The Kier molecular flexibility index (Phi) is 6.63. The van der Waals surface area contributed by atoms with Crippen LogP contribution < -0.4 is 0 Å². The SMILES string of the molecule is CCSCCC(C)n1cc(C)nc1SCC(=O)O. The van der Waals surface area contributed by atoms with Gasteiger partial charge in [0.1, 0.15) is 0 Å². The molecule has 0 saturated heterocycles. The van der Waals surface area contributed by atoms with Gasteiger partial charge < -0.3 is 9.67 Å². The Morgan fingerprint density at radius 2 is 2.33 bits per heavy atom. The van der Waals surface area contributed by atoms with E-state index in [4.69, 9.17) is 5.11 Å². The lowest BCUT2D eigenvalue weighted by atomic mass is 10.2. The molecule has 6 heteroatoms. The number of aromatic nitrogens is 2. The molecule has 0 aliphatic rings. The maximum absolute atomic E-state index is 10.6. The molecule has 1 aromatic heterocycles. The Labute approximate surface area is 117 Å². The minimum atomic E-state index is -0.804. The number of imidazole rings is 1. The topological polar surface area (TPSA) is 55.1 Å². The van der Waals surface area contributed by atoms with Gasteiger partial charge in [0.15, 0.2) is 5.16 Å². The normalized spacial score (nSPS) is 12.6. The highest BCUT2D eigenvalue weighted by Crippen LogP contribution is 2.24.